The van der Waals surface area contributed by atoms with Gasteiger partial charge in [-0.25, -0.2) is 0 Å². The Kier molecular flexibility index (Phi) is 2.61. The maximum absolute atomic E-state index is 5.92. The van der Waals surface area contributed by atoms with Crippen LogP contribution in [-0.2, 0) is 0 Å². The quantitative estimate of drug-likeness (QED) is 0.703. The Labute approximate surface area is 81.5 Å². The summed E-state index contributed by atoms with van der Waals surface area (Å²) in [6.45, 7) is 5.81. The van der Waals surface area contributed by atoms with Crippen molar-refractivity contribution < 1.29 is 0 Å². The van der Waals surface area contributed by atoms with E-state index in [1.807, 2.05) is 0 Å². The summed E-state index contributed by atoms with van der Waals surface area (Å²) >= 11 is 0. The summed E-state index contributed by atoms with van der Waals surface area (Å²) in [5, 5.41) is 0. The van der Waals surface area contributed by atoms with Crippen LogP contribution in [0.1, 0.15) is 39.0 Å². The molecule has 1 saturated heterocycles. The van der Waals surface area contributed by atoms with E-state index < -0.39 is 0 Å². The fraction of sp³-hybridized carbons (Fsp3) is 1.00. The molecule has 0 aromatic heterocycles. The molecule has 13 heavy (non-hydrogen) atoms. The summed E-state index contributed by atoms with van der Waals surface area (Å²) in [5.41, 5.74) is 6.34. The highest BCUT2D eigenvalue weighted by molar-refractivity contribution is 5.02. The predicted molar refractivity (Wildman–Crippen MR) is 55.6 cm³/mol. The fourth-order valence-electron chi connectivity index (χ4n) is 3.16. The molecule has 2 N–H and O–H groups in total. The van der Waals surface area contributed by atoms with Gasteiger partial charge >= 0.3 is 0 Å². The second-order valence-electron chi connectivity index (χ2n) is 4.99. The Bertz CT molecular complexity index is 167. The Morgan fingerprint density at radius 1 is 1.23 bits per heavy atom. The maximum Gasteiger partial charge on any atom is 0.0336 e. The average Bonchev–Trinajstić information content (AvgIpc) is 2.14. The van der Waals surface area contributed by atoms with Crippen LogP contribution in [0.5, 0.6) is 0 Å². The van der Waals surface area contributed by atoms with Gasteiger partial charge in [-0.1, -0.05) is 13.3 Å². The second-order valence-corrected chi connectivity index (χ2v) is 4.99. The third-order valence-electron chi connectivity index (χ3n) is 3.86. The van der Waals surface area contributed by atoms with Crippen LogP contribution in [0.25, 0.3) is 0 Å². The van der Waals surface area contributed by atoms with Crippen LogP contribution < -0.4 is 5.73 Å². The Hall–Kier alpha value is -0.0800. The van der Waals surface area contributed by atoms with Crippen LogP contribution >= 0.6 is 0 Å². The summed E-state index contributed by atoms with van der Waals surface area (Å²) in [5.74, 6) is 0.908. The van der Waals surface area contributed by atoms with E-state index in [2.05, 4.69) is 11.8 Å². The largest absolute Gasteiger partial charge is 0.329 e. The van der Waals surface area contributed by atoms with Gasteiger partial charge in [0.25, 0.3) is 0 Å². The predicted octanol–water partition coefficient (Wildman–Crippen LogP) is 1.60. The maximum atomic E-state index is 5.92. The molecule has 2 rings (SSSR count). The zero-order valence-corrected chi connectivity index (χ0v) is 8.76. The standard InChI is InChI=1S/C11H22N2/c1-10-7-11(8-10,9-12)13-5-3-2-4-6-13/h10H,2-9,12H2,1H3. The zero-order valence-electron chi connectivity index (χ0n) is 8.76. The first-order valence-electron chi connectivity index (χ1n) is 5.72. The molecule has 1 aliphatic heterocycles. The second kappa shape index (κ2) is 3.58. The fourth-order valence-corrected chi connectivity index (χ4v) is 3.16. The first-order chi connectivity index (χ1) is 6.27. The van der Waals surface area contributed by atoms with E-state index in [1.165, 1.54) is 45.2 Å². The SMILES string of the molecule is CC1CC(CN)(N2CCCCC2)C1. The topological polar surface area (TPSA) is 29.3 Å². The number of piperidine rings is 1. The normalized spacial score (nSPS) is 41.5. The van der Waals surface area contributed by atoms with Gasteiger partial charge in [0.15, 0.2) is 0 Å². The molecule has 2 heteroatoms. The zero-order chi connectivity index (χ0) is 9.31. The molecule has 0 radical (unpaired) electrons. The lowest BCUT2D eigenvalue weighted by molar-refractivity contribution is -0.0237. The molecule has 2 fully saturated rings. The first-order valence-corrected chi connectivity index (χ1v) is 5.72. The number of hydrogen-bond donors (Lipinski definition) is 1. The molecule has 0 spiro atoms. The van der Waals surface area contributed by atoms with E-state index in [0.29, 0.717) is 5.54 Å². The molecule has 0 amide bonds. The first kappa shape index (κ1) is 9.47. The average molecular weight is 182 g/mol. The minimum atomic E-state index is 0.417. The summed E-state index contributed by atoms with van der Waals surface area (Å²) in [6, 6.07) is 0. The summed E-state index contributed by atoms with van der Waals surface area (Å²) < 4.78 is 0. The Balaban J connectivity index is 1.95. The summed E-state index contributed by atoms with van der Waals surface area (Å²) in [4.78, 5) is 2.66. The van der Waals surface area contributed by atoms with Crippen molar-refractivity contribution >= 4 is 0 Å². The third kappa shape index (κ3) is 1.62. The van der Waals surface area contributed by atoms with Gasteiger partial charge in [0, 0.05) is 12.1 Å². The molecule has 0 unspecified atom stereocenters. The molecule has 76 valence electrons. The molecule has 2 aliphatic rings. The van der Waals surface area contributed by atoms with E-state index in [-0.39, 0.29) is 0 Å². The monoisotopic (exact) mass is 182 g/mol. The van der Waals surface area contributed by atoms with Crippen LogP contribution in [0.15, 0.2) is 0 Å². The van der Waals surface area contributed by atoms with Crippen LogP contribution in [-0.4, -0.2) is 30.1 Å². The molecular formula is C11H22N2. The molecule has 0 aromatic rings. The van der Waals surface area contributed by atoms with Crippen molar-refractivity contribution in [3.05, 3.63) is 0 Å². The number of likely N-dealkylation sites (tertiary alicyclic amines) is 1. The van der Waals surface area contributed by atoms with Crippen LogP contribution in [0.2, 0.25) is 0 Å². The van der Waals surface area contributed by atoms with Crippen molar-refractivity contribution in [1.82, 2.24) is 4.90 Å². The van der Waals surface area contributed by atoms with Crippen molar-refractivity contribution in [2.24, 2.45) is 11.7 Å². The van der Waals surface area contributed by atoms with Crippen molar-refractivity contribution in [1.29, 1.82) is 0 Å². The van der Waals surface area contributed by atoms with E-state index in [9.17, 15) is 0 Å². The van der Waals surface area contributed by atoms with Crippen LogP contribution in [0.4, 0.5) is 0 Å². The van der Waals surface area contributed by atoms with Gasteiger partial charge in [0.2, 0.25) is 0 Å². The van der Waals surface area contributed by atoms with E-state index in [0.717, 1.165) is 12.5 Å². The van der Waals surface area contributed by atoms with E-state index in [4.69, 9.17) is 5.73 Å². The highest BCUT2D eigenvalue weighted by Crippen LogP contribution is 2.42. The molecule has 0 bridgehead atoms. The number of rotatable bonds is 2. The van der Waals surface area contributed by atoms with Crippen molar-refractivity contribution in [2.75, 3.05) is 19.6 Å². The summed E-state index contributed by atoms with van der Waals surface area (Å²) in [7, 11) is 0. The lowest BCUT2D eigenvalue weighted by Crippen LogP contribution is -2.62. The molecule has 1 heterocycles. The van der Waals surface area contributed by atoms with Gasteiger partial charge in [-0.3, -0.25) is 4.90 Å². The highest BCUT2D eigenvalue weighted by Gasteiger charge is 2.45. The van der Waals surface area contributed by atoms with Crippen LogP contribution in [0, 0.1) is 5.92 Å². The smallest absolute Gasteiger partial charge is 0.0336 e. The molecule has 0 atom stereocenters. The van der Waals surface area contributed by atoms with Crippen molar-refractivity contribution in [2.45, 2.75) is 44.6 Å². The number of hydrogen-bond acceptors (Lipinski definition) is 2. The van der Waals surface area contributed by atoms with Gasteiger partial charge in [0.1, 0.15) is 0 Å². The molecule has 1 saturated carbocycles. The minimum Gasteiger partial charge on any atom is -0.329 e. The lowest BCUT2D eigenvalue weighted by Gasteiger charge is -2.54. The third-order valence-corrected chi connectivity index (χ3v) is 3.86. The van der Waals surface area contributed by atoms with Crippen LogP contribution in [0.3, 0.4) is 0 Å². The molecule has 2 nitrogen and oxygen atoms in total. The Morgan fingerprint density at radius 3 is 2.31 bits per heavy atom. The number of nitrogens with two attached hydrogens (primary N) is 1. The van der Waals surface area contributed by atoms with Gasteiger partial charge in [-0.05, 0) is 44.7 Å². The van der Waals surface area contributed by atoms with Crippen molar-refractivity contribution in [3.63, 3.8) is 0 Å². The van der Waals surface area contributed by atoms with E-state index in [1.54, 1.807) is 0 Å². The van der Waals surface area contributed by atoms with Gasteiger partial charge < -0.3 is 5.73 Å². The Morgan fingerprint density at radius 2 is 1.85 bits per heavy atom. The lowest BCUT2D eigenvalue weighted by atomic mass is 9.67. The minimum absolute atomic E-state index is 0.417. The molecule has 1 aliphatic carbocycles. The molecular weight excluding hydrogens is 160 g/mol. The van der Waals surface area contributed by atoms with Gasteiger partial charge in [-0.2, -0.15) is 0 Å². The molecule has 0 aromatic carbocycles. The van der Waals surface area contributed by atoms with Crippen molar-refractivity contribution in [3.8, 4) is 0 Å². The van der Waals surface area contributed by atoms with Gasteiger partial charge in [-0.15, -0.1) is 0 Å². The van der Waals surface area contributed by atoms with Gasteiger partial charge in [0.05, 0.1) is 0 Å². The van der Waals surface area contributed by atoms with E-state index >= 15 is 0 Å². The highest BCUT2D eigenvalue weighted by atomic mass is 15.2. The summed E-state index contributed by atoms with van der Waals surface area (Å²) in [6.07, 6.45) is 6.87. The number of nitrogens with zero attached hydrogens (tertiary/aromatic N) is 1.